The number of amides is 1. The first-order chi connectivity index (χ1) is 13.0. The van der Waals surface area contributed by atoms with Crippen LogP contribution in [0, 0.1) is 6.92 Å². The molecule has 1 saturated heterocycles. The largest absolute Gasteiger partial charge is 0.349 e. The van der Waals surface area contributed by atoms with E-state index in [4.69, 9.17) is 0 Å². The summed E-state index contributed by atoms with van der Waals surface area (Å²) in [6, 6.07) is 16.8. The minimum Gasteiger partial charge on any atom is -0.349 e. The van der Waals surface area contributed by atoms with Crippen LogP contribution in [0.4, 0.5) is 0 Å². The van der Waals surface area contributed by atoms with Gasteiger partial charge in [-0.15, -0.1) is 0 Å². The van der Waals surface area contributed by atoms with Crippen LogP contribution in [0.25, 0.3) is 6.08 Å². The molecule has 142 valence electrons. The molecule has 6 heteroatoms. The molecule has 1 heterocycles. The summed E-state index contributed by atoms with van der Waals surface area (Å²) < 4.78 is 26.5. The third-order valence-electron chi connectivity index (χ3n) is 4.77. The zero-order chi connectivity index (χ0) is 19.3. The van der Waals surface area contributed by atoms with Gasteiger partial charge in [-0.2, -0.15) is 4.31 Å². The van der Waals surface area contributed by atoms with Crippen molar-refractivity contribution in [1.29, 1.82) is 0 Å². The predicted molar refractivity (Wildman–Crippen MR) is 108 cm³/mol. The van der Waals surface area contributed by atoms with Crippen molar-refractivity contribution in [3.8, 4) is 0 Å². The minimum absolute atomic E-state index is 0.0124. The van der Waals surface area contributed by atoms with E-state index in [1.807, 2.05) is 55.5 Å². The molecule has 0 radical (unpaired) electrons. The molecule has 0 bridgehead atoms. The van der Waals surface area contributed by atoms with Crippen molar-refractivity contribution in [2.24, 2.45) is 0 Å². The third-order valence-corrected chi connectivity index (χ3v) is 6.34. The summed E-state index contributed by atoms with van der Waals surface area (Å²) in [7, 11) is -3.45. The third kappa shape index (κ3) is 5.05. The highest BCUT2D eigenvalue weighted by atomic mass is 32.2. The molecule has 0 aromatic heterocycles. The first-order valence-corrected chi connectivity index (χ1v) is 10.6. The minimum atomic E-state index is -3.45. The number of nitrogens with one attached hydrogen (secondary N) is 1. The summed E-state index contributed by atoms with van der Waals surface area (Å²) in [6.07, 6.45) is 2.83. The standard InChI is InChI=1S/C21H24N2O3S/c1-17-7-5-6-10-20(17)21(24)22-19-11-14-23(15-12-19)27(25,26)16-13-18-8-3-2-4-9-18/h2-10,13,16,19H,11-12,14-15H2,1H3,(H,22,24)/b16-13+. The Balaban J connectivity index is 1.56. The molecule has 0 spiro atoms. The Morgan fingerprint density at radius 1 is 1.04 bits per heavy atom. The van der Waals surface area contributed by atoms with Crippen LogP contribution in [0.5, 0.6) is 0 Å². The molecule has 1 fully saturated rings. The van der Waals surface area contributed by atoms with Gasteiger partial charge < -0.3 is 5.32 Å². The van der Waals surface area contributed by atoms with E-state index in [0.29, 0.717) is 31.5 Å². The van der Waals surface area contributed by atoms with Crippen LogP contribution in [-0.4, -0.2) is 37.8 Å². The maximum Gasteiger partial charge on any atom is 0.251 e. The fourth-order valence-electron chi connectivity index (χ4n) is 3.16. The molecular formula is C21H24N2O3S. The Bertz CT molecular complexity index is 915. The van der Waals surface area contributed by atoms with E-state index < -0.39 is 10.0 Å². The second kappa shape index (κ2) is 8.50. The van der Waals surface area contributed by atoms with Crippen LogP contribution in [0.3, 0.4) is 0 Å². The normalized spacial score (nSPS) is 16.5. The van der Waals surface area contributed by atoms with Gasteiger partial charge in [-0.25, -0.2) is 8.42 Å². The van der Waals surface area contributed by atoms with E-state index in [0.717, 1.165) is 11.1 Å². The van der Waals surface area contributed by atoms with Crippen LogP contribution >= 0.6 is 0 Å². The molecular weight excluding hydrogens is 360 g/mol. The lowest BCUT2D eigenvalue weighted by atomic mass is 10.0. The zero-order valence-corrected chi connectivity index (χ0v) is 16.2. The monoisotopic (exact) mass is 384 g/mol. The van der Waals surface area contributed by atoms with Gasteiger partial charge in [-0.1, -0.05) is 48.5 Å². The number of sulfonamides is 1. The van der Waals surface area contributed by atoms with Gasteiger partial charge in [0.1, 0.15) is 0 Å². The number of carbonyl (C=O) groups is 1. The number of rotatable bonds is 5. The highest BCUT2D eigenvalue weighted by Gasteiger charge is 2.27. The number of carbonyl (C=O) groups excluding carboxylic acids is 1. The lowest BCUT2D eigenvalue weighted by Crippen LogP contribution is -2.46. The van der Waals surface area contributed by atoms with Gasteiger partial charge in [0.2, 0.25) is 10.0 Å². The van der Waals surface area contributed by atoms with Gasteiger partial charge >= 0.3 is 0 Å². The number of piperidine rings is 1. The summed E-state index contributed by atoms with van der Waals surface area (Å²) in [5.74, 6) is -0.0987. The van der Waals surface area contributed by atoms with Crippen LogP contribution in [0.2, 0.25) is 0 Å². The molecule has 27 heavy (non-hydrogen) atoms. The first-order valence-electron chi connectivity index (χ1n) is 9.05. The van der Waals surface area contributed by atoms with Gasteiger partial charge in [0.05, 0.1) is 0 Å². The average molecular weight is 385 g/mol. The Morgan fingerprint density at radius 2 is 1.67 bits per heavy atom. The van der Waals surface area contributed by atoms with Crippen molar-refractivity contribution in [2.75, 3.05) is 13.1 Å². The molecule has 1 amide bonds. The average Bonchev–Trinajstić information content (AvgIpc) is 2.68. The maximum atomic E-state index is 12.5. The zero-order valence-electron chi connectivity index (χ0n) is 15.3. The number of hydrogen-bond acceptors (Lipinski definition) is 3. The van der Waals surface area contributed by atoms with Crippen molar-refractivity contribution in [3.63, 3.8) is 0 Å². The van der Waals surface area contributed by atoms with Crippen LogP contribution in [0.1, 0.15) is 34.3 Å². The quantitative estimate of drug-likeness (QED) is 0.861. The Hall–Kier alpha value is -2.44. The number of benzene rings is 2. The van der Waals surface area contributed by atoms with Crippen molar-refractivity contribution in [2.45, 2.75) is 25.8 Å². The molecule has 5 nitrogen and oxygen atoms in total. The van der Waals surface area contributed by atoms with Crippen molar-refractivity contribution in [1.82, 2.24) is 9.62 Å². The second-order valence-corrected chi connectivity index (χ2v) is 8.54. The van der Waals surface area contributed by atoms with Crippen molar-refractivity contribution >= 4 is 22.0 Å². The lowest BCUT2D eigenvalue weighted by Gasteiger charge is -2.30. The van der Waals surface area contributed by atoms with E-state index in [9.17, 15) is 13.2 Å². The highest BCUT2D eigenvalue weighted by Crippen LogP contribution is 2.17. The summed E-state index contributed by atoms with van der Waals surface area (Å²) in [5.41, 5.74) is 2.45. The number of aryl methyl sites for hydroxylation is 1. The maximum absolute atomic E-state index is 12.5. The van der Waals surface area contributed by atoms with E-state index >= 15 is 0 Å². The predicted octanol–water partition coefficient (Wildman–Crippen LogP) is 3.19. The Morgan fingerprint density at radius 3 is 2.33 bits per heavy atom. The molecule has 2 aromatic carbocycles. The second-order valence-electron chi connectivity index (χ2n) is 6.72. The molecule has 2 aromatic rings. The molecule has 0 saturated carbocycles. The molecule has 1 aliphatic rings. The van der Waals surface area contributed by atoms with Gasteiger partial charge in [-0.3, -0.25) is 4.79 Å². The van der Waals surface area contributed by atoms with Gasteiger partial charge in [0, 0.05) is 30.1 Å². The molecule has 0 atom stereocenters. The smallest absolute Gasteiger partial charge is 0.251 e. The number of hydrogen-bond donors (Lipinski definition) is 1. The Labute approximate surface area is 160 Å². The lowest BCUT2D eigenvalue weighted by molar-refractivity contribution is 0.0923. The first kappa shape index (κ1) is 19.3. The van der Waals surface area contributed by atoms with E-state index in [-0.39, 0.29) is 11.9 Å². The molecule has 1 N–H and O–H groups in total. The van der Waals surface area contributed by atoms with Crippen molar-refractivity contribution < 1.29 is 13.2 Å². The summed E-state index contributed by atoms with van der Waals surface area (Å²) in [4.78, 5) is 12.4. The van der Waals surface area contributed by atoms with Gasteiger partial charge in [0.25, 0.3) is 5.91 Å². The topological polar surface area (TPSA) is 66.5 Å². The van der Waals surface area contributed by atoms with Crippen LogP contribution in [0.15, 0.2) is 60.0 Å². The van der Waals surface area contributed by atoms with Crippen molar-refractivity contribution in [3.05, 3.63) is 76.7 Å². The van der Waals surface area contributed by atoms with E-state index in [1.165, 1.54) is 9.71 Å². The van der Waals surface area contributed by atoms with E-state index in [2.05, 4.69) is 5.32 Å². The highest BCUT2D eigenvalue weighted by molar-refractivity contribution is 7.92. The molecule has 0 unspecified atom stereocenters. The van der Waals surface area contributed by atoms with Gasteiger partial charge in [0.15, 0.2) is 0 Å². The van der Waals surface area contributed by atoms with Crippen LogP contribution in [-0.2, 0) is 10.0 Å². The summed E-state index contributed by atoms with van der Waals surface area (Å²) in [6.45, 7) is 2.71. The Kier molecular flexibility index (Phi) is 6.08. The summed E-state index contributed by atoms with van der Waals surface area (Å²) in [5, 5.41) is 4.29. The molecule has 3 rings (SSSR count). The molecule has 0 aliphatic carbocycles. The molecule has 1 aliphatic heterocycles. The SMILES string of the molecule is Cc1ccccc1C(=O)NC1CCN(S(=O)(=O)/C=C/c2ccccc2)CC1. The van der Waals surface area contributed by atoms with E-state index in [1.54, 1.807) is 12.1 Å². The fourth-order valence-corrected chi connectivity index (χ4v) is 4.38. The fraction of sp³-hybridized carbons (Fsp3) is 0.286. The van der Waals surface area contributed by atoms with Gasteiger partial charge in [-0.05, 0) is 43.0 Å². The number of nitrogens with zero attached hydrogens (tertiary/aromatic N) is 1. The van der Waals surface area contributed by atoms with Crippen LogP contribution < -0.4 is 5.32 Å². The summed E-state index contributed by atoms with van der Waals surface area (Å²) >= 11 is 0.